The predicted octanol–water partition coefficient (Wildman–Crippen LogP) is 4.96. The number of hydrogen-bond donors (Lipinski definition) is 1. The van der Waals surface area contributed by atoms with Gasteiger partial charge in [0.2, 0.25) is 10.9 Å². The molecule has 1 N–H and O–H groups in total. The first-order valence-corrected chi connectivity index (χ1v) is 9.58. The lowest BCUT2D eigenvalue weighted by Crippen LogP contribution is -2.30. The second-order valence-electron chi connectivity index (χ2n) is 7.08. The van der Waals surface area contributed by atoms with E-state index in [0.717, 1.165) is 10.8 Å². The van der Waals surface area contributed by atoms with E-state index < -0.39 is 30.4 Å². The Labute approximate surface area is 185 Å². The van der Waals surface area contributed by atoms with Crippen LogP contribution in [-0.4, -0.2) is 30.3 Å². The summed E-state index contributed by atoms with van der Waals surface area (Å²) in [5, 5.41) is 8.03. The van der Waals surface area contributed by atoms with E-state index in [1.165, 1.54) is 23.6 Å². The molecule has 0 aliphatic carbocycles. The summed E-state index contributed by atoms with van der Waals surface area (Å²) in [6, 6.07) is 6.11. The molecule has 1 aromatic carbocycles. The summed E-state index contributed by atoms with van der Waals surface area (Å²) in [6.45, 7) is -0.0989. The van der Waals surface area contributed by atoms with Crippen molar-refractivity contribution in [2.24, 2.45) is 0 Å². The fourth-order valence-corrected chi connectivity index (χ4v) is 3.45. The van der Waals surface area contributed by atoms with E-state index in [4.69, 9.17) is 21.4 Å². The average molecular weight is 491 g/mol. The van der Waals surface area contributed by atoms with Gasteiger partial charge in [0.05, 0.1) is 12.7 Å². The lowest BCUT2D eigenvalue weighted by atomic mass is 10.1. The zero-order valence-electron chi connectivity index (χ0n) is 16.6. The molecule has 0 bridgehead atoms. The van der Waals surface area contributed by atoms with Gasteiger partial charge in [-0.25, -0.2) is 9.97 Å². The molecule has 0 aliphatic rings. The molecule has 3 aromatic heterocycles. The van der Waals surface area contributed by atoms with Crippen molar-refractivity contribution in [3.05, 3.63) is 58.6 Å². The van der Waals surface area contributed by atoms with Gasteiger partial charge in [-0.3, -0.25) is 14.5 Å². The van der Waals surface area contributed by atoms with E-state index in [-0.39, 0.29) is 34.4 Å². The fourth-order valence-electron chi connectivity index (χ4n) is 3.32. The van der Waals surface area contributed by atoms with E-state index in [1.54, 1.807) is 12.1 Å². The molecule has 0 spiro atoms. The van der Waals surface area contributed by atoms with Crippen molar-refractivity contribution >= 4 is 22.8 Å². The minimum atomic E-state index is -4.72. The van der Waals surface area contributed by atoms with Crippen molar-refractivity contribution in [2.45, 2.75) is 32.4 Å². The smallest absolute Gasteiger partial charge is 0.438 e. The van der Waals surface area contributed by atoms with E-state index in [0.29, 0.717) is 11.1 Å². The van der Waals surface area contributed by atoms with Crippen LogP contribution in [-0.2, 0) is 19.3 Å². The Bertz CT molecular complexity index is 1380. The number of benzene rings is 1. The molecule has 0 aliphatic heterocycles. The number of imidazole rings is 1. The van der Waals surface area contributed by atoms with Crippen molar-refractivity contribution in [3.63, 3.8) is 0 Å². The van der Waals surface area contributed by atoms with Crippen molar-refractivity contribution in [1.29, 1.82) is 5.41 Å². The van der Waals surface area contributed by atoms with E-state index in [1.807, 2.05) is 0 Å². The SMILES string of the molecule is Cc1oc(C(F)(F)F)nc1-c1ccc(Cn2c(=N)n(CC(F)(F)F)c3cnc(Cl)nc32)cc1. The molecule has 0 amide bonds. The molecule has 7 nitrogen and oxygen atoms in total. The lowest BCUT2D eigenvalue weighted by molar-refractivity contribution is -0.157. The third kappa shape index (κ3) is 4.58. The van der Waals surface area contributed by atoms with Gasteiger partial charge in [0.25, 0.3) is 0 Å². The predicted molar refractivity (Wildman–Crippen MR) is 103 cm³/mol. The summed E-state index contributed by atoms with van der Waals surface area (Å²) in [7, 11) is 0. The molecule has 0 fully saturated rings. The Hall–Kier alpha value is -3.35. The van der Waals surface area contributed by atoms with Crippen LogP contribution in [0.4, 0.5) is 26.3 Å². The number of nitrogens with one attached hydrogen (secondary N) is 1. The monoisotopic (exact) mass is 490 g/mol. The van der Waals surface area contributed by atoms with Gasteiger partial charge in [0, 0.05) is 5.56 Å². The number of aryl methyl sites for hydroxylation is 1. The molecular weight excluding hydrogens is 478 g/mol. The molecule has 0 unspecified atom stereocenters. The normalized spacial score (nSPS) is 12.6. The van der Waals surface area contributed by atoms with Crippen molar-refractivity contribution in [2.75, 3.05) is 0 Å². The van der Waals surface area contributed by atoms with Gasteiger partial charge in [-0.2, -0.15) is 31.3 Å². The van der Waals surface area contributed by atoms with Crippen molar-refractivity contribution < 1.29 is 30.8 Å². The number of rotatable bonds is 4. The molecule has 14 heteroatoms. The second kappa shape index (κ2) is 7.90. The van der Waals surface area contributed by atoms with Gasteiger partial charge in [0.15, 0.2) is 5.65 Å². The maximum atomic E-state index is 13.0. The van der Waals surface area contributed by atoms with Gasteiger partial charge in [-0.15, -0.1) is 0 Å². The highest BCUT2D eigenvalue weighted by Gasteiger charge is 2.38. The van der Waals surface area contributed by atoms with Gasteiger partial charge < -0.3 is 4.42 Å². The quantitative estimate of drug-likeness (QED) is 0.324. The van der Waals surface area contributed by atoms with E-state index in [2.05, 4.69) is 15.0 Å². The zero-order chi connectivity index (χ0) is 24.1. The number of fused-ring (bicyclic) bond motifs is 1. The van der Waals surface area contributed by atoms with Crippen molar-refractivity contribution in [3.8, 4) is 11.3 Å². The van der Waals surface area contributed by atoms with E-state index >= 15 is 0 Å². The van der Waals surface area contributed by atoms with Crippen LogP contribution in [0.5, 0.6) is 0 Å². The molecular formula is C19H13ClF6N6O. The van der Waals surface area contributed by atoms with Crippen LogP contribution in [0, 0.1) is 12.3 Å². The maximum Gasteiger partial charge on any atom is 0.468 e. The molecule has 4 aromatic rings. The van der Waals surface area contributed by atoms with Crippen LogP contribution in [0.3, 0.4) is 0 Å². The van der Waals surface area contributed by atoms with Crippen LogP contribution >= 0.6 is 11.6 Å². The van der Waals surface area contributed by atoms with Gasteiger partial charge in [-0.1, -0.05) is 24.3 Å². The van der Waals surface area contributed by atoms with Gasteiger partial charge >= 0.3 is 18.2 Å². The number of hydrogen-bond acceptors (Lipinski definition) is 5. The molecule has 33 heavy (non-hydrogen) atoms. The highest BCUT2D eigenvalue weighted by atomic mass is 35.5. The van der Waals surface area contributed by atoms with Crippen molar-refractivity contribution in [1.82, 2.24) is 24.1 Å². The molecule has 0 atom stereocenters. The van der Waals surface area contributed by atoms with Crippen LogP contribution in [0.2, 0.25) is 5.28 Å². The number of halogens is 7. The number of oxazole rings is 1. The first kappa shape index (κ1) is 22.8. The van der Waals surface area contributed by atoms with Crippen LogP contribution < -0.4 is 5.62 Å². The first-order valence-electron chi connectivity index (χ1n) is 9.20. The Morgan fingerprint density at radius 1 is 1.03 bits per heavy atom. The minimum absolute atomic E-state index is 0.0144. The third-order valence-electron chi connectivity index (χ3n) is 4.72. The fraction of sp³-hybridized carbons (Fsp3) is 0.263. The second-order valence-corrected chi connectivity index (χ2v) is 7.42. The Morgan fingerprint density at radius 2 is 1.70 bits per heavy atom. The van der Waals surface area contributed by atoms with Gasteiger partial charge in [0.1, 0.15) is 23.5 Å². The van der Waals surface area contributed by atoms with E-state index in [9.17, 15) is 26.3 Å². The topological polar surface area (TPSA) is 85.5 Å². The first-order chi connectivity index (χ1) is 15.3. The summed E-state index contributed by atoms with van der Waals surface area (Å²) in [5.74, 6) is -1.37. The number of alkyl halides is 6. The van der Waals surface area contributed by atoms with Crippen LogP contribution in [0.15, 0.2) is 34.9 Å². The highest BCUT2D eigenvalue weighted by molar-refractivity contribution is 6.28. The van der Waals surface area contributed by atoms with Gasteiger partial charge in [-0.05, 0) is 24.1 Å². The molecule has 3 heterocycles. The average Bonchev–Trinajstić information content (AvgIpc) is 3.21. The Kier molecular flexibility index (Phi) is 5.47. The third-order valence-corrected chi connectivity index (χ3v) is 4.91. The maximum absolute atomic E-state index is 13.0. The Balaban J connectivity index is 1.70. The molecule has 4 rings (SSSR count). The Morgan fingerprint density at radius 3 is 2.27 bits per heavy atom. The zero-order valence-corrected chi connectivity index (χ0v) is 17.3. The number of nitrogens with zero attached hydrogens (tertiary/aromatic N) is 5. The minimum Gasteiger partial charge on any atom is -0.438 e. The number of aromatic nitrogens is 5. The highest BCUT2D eigenvalue weighted by Crippen LogP contribution is 2.33. The summed E-state index contributed by atoms with van der Waals surface area (Å²) in [4.78, 5) is 11.2. The molecule has 0 saturated carbocycles. The standard InChI is InChI=1S/C19H13ClF6N6O/c1-9-13(29-15(33-9)19(24,25)26)11-4-2-10(3-5-11)7-31-14-12(6-28-16(20)30-14)32(17(31)27)8-18(21,22)23/h2-6,27H,7-8H2,1H3. The summed E-state index contributed by atoms with van der Waals surface area (Å²) >= 11 is 5.80. The van der Waals surface area contributed by atoms with Crippen LogP contribution in [0.1, 0.15) is 17.2 Å². The largest absolute Gasteiger partial charge is 0.468 e. The summed E-state index contributed by atoms with van der Waals surface area (Å²) in [6.07, 6.45) is -8.19. The summed E-state index contributed by atoms with van der Waals surface area (Å²) < 4.78 is 84.2. The molecule has 0 radical (unpaired) electrons. The summed E-state index contributed by atoms with van der Waals surface area (Å²) in [5.41, 5.74) is 0.479. The molecule has 0 saturated heterocycles. The lowest BCUT2D eigenvalue weighted by Gasteiger charge is -2.08. The molecule has 174 valence electrons. The van der Waals surface area contributed by atoms with Crippen LogP contribution in [0.25, 0.3) is 22.4 Å².